The van der Waals surface area contributed by atoms with E-state index in [2.05, 4.69) is 0 Å². The standard InChI is InChI=1S/C13H18N2O3S/c1-9-6-10(2)13(12(7-9)18-5)19(16,17)15(4)11(3)8-14/h6-7,11H,1-5H3/t11-/m0/s1. The van der Waals surface area contributed by atoms with Crippen molar-refractivity contribution in [3.05, 3.63) is 23.3 Å². The molecular formula is C13H18N2O3S. The second-order valence-corrected chi connectivity index (χ2v) is 6.37. The Morgan fingerprint density at radius 1 is 1.37 bits per heavy atom. The fourth-order valence-corrected chi connectivity index (χ4v) is 3.44. The molecule has 0 bridgehead atoms. The minimum absolute atomic E-state index is 0.116. The van der Waals surface area contributed by atoms with Gasteiger partial charge in [0.05, 0.1) is 13.2 Å². The summed E-state index contributed by atoms with van der Waals surface area (Å²) < 4.78 is 31.3. The lowest BCUT2D eigenvalue weighted by molar-refractivity contribution is 0.394. The van der Waals surface area contributed by atoms with E-state index in [1.807, 2.05) is 13.0 Å². The Labute approximate surface area is 114 Å². The minimum atomic E-state index is -3.75. The summed E-state index contributed by atoms with van der Waals surface area (Å²) in [6.45, 7) is 5.12. The van der Waals surface area contributed by atoms with Crippen LogP contribution in [0.2, 0.25) is 0 Å². The van der Waals surface area contributed by atoms with E-state index in [-0.39, 0.29) is 4.90 Å². The second kappa shape index (κ2) is 5.59. The van der Waals surface area contributed by atoms with Gasteiger partial charge in [-0.1, -0.05) is 6.07 Å². The van der Waals surface area contributed by atoms with Gasteiger partial charge < -0.3 is 4.74 Å². The maximum atomic E-state index is 12.5. The van der Waals surface area contributed by atoms with Crippen LogP contribution in [0.5, 0.6) is 5.75 Å². The Kier molecular flexibility index (Phi) is 4.56. The van der Waals surface area contributed by atoms with Crippen molar-refractivity contribution in [3.8, 4) is 11.8 Å². The van der Waals surface area contributed by atoms with Gasteiger partial charge in [0.25, 0.3) is 0 Å². The molecule has 0 saturated carbocycles. The third kappa shape index (κ3) is 2.88. The van der Waals surface area contributed by atoms with Crippen molar-refractivity contribution in [3.63, 3.8) is 0 Å². The lowest BCUT2D eigenvalue weighted by Crippen LogP contribution is -2.34. The molecule has 0 fully saturated rings. The smallest absolute Gasteiger partial charge is 0.247 e. The number of sulfonamides is 1. The van der Waals surface area contributed by atoms with E-state index in [4.69, 9.17) is 10.00 Å². The highest BCUT2D eigenvalue weighted by Crippen LogP contribution is 2.31. The maximum Gasteiger partial charge on any atom is 0.247 e. The number of nitrogens with zero attached hydrogens (tertiary/aromatic N) is 2. The van der Waals surface area contributed by atoms with Crippen LogP contribution >= 0.6 is 0 Å². The molecule has 0 N–H and O–H groups in total. The van der Waals surface area contributed by atoms with Crippen LogP contribution in [0, 0.1) is 25.2 Å². The van der Waals surface area contributed by atoms with Gasteiger partial charge >= 0.3 is 0 Å². The normalized spacial score (nSPS) is 13.1. The molecule has 0 aromatic heterocycles. The molecule has 0 radical (unpaired) electrons. The van der Waals surface area contributed by atoms with Crippen LogP contribution in [-0.4, -0.2) is 32.9 Å². The molecule has 0 aliphatic heterocycles. The summed E-state index contributed by atoms with van der Waals surface area (Å²) in [5.74, 6) is 0.300. The van der Waals surface area contributed by atoms with Gasteiger partial charge in [-0.15, -0.1) is 0 Å². The summed E-state index contributed by atoms with van der Waals surface area (Å²) in [5, 5.41) is 8.87. The van der Waals surface area contributed by atoms with E-state index in [1.54, 1.807) is 19.1 Å². The molecule has 1 atom stereocenters. The lowest BCUT2D eigenvalue weighted by atomic mass is 10.1. The Balaban J connectivity index is 3.50. The average Bonchev–Trinajstić information content (AvgIpc) is 2.35. The molecule has 19 heavy (non-hydrogen) atoms. The first-order valence-corrected chi connectivity index (χ1v) is 7.22. The van der Waals surface area contributed by atoms with Crippen molar-refractivity contribution in [2.75, 3.05) is 14.2 Å². The molecule has 1 aromatic carbocycles. The van der Waals surface area contributed by atoms with E-state index < -0.39 is 16.1 Å². The van der Waals surface area contributed by atoms with Gasteiger partial charge in [0.2, 0.25) is 10.0 Å². The summed E-state index contributed by atoms with van der Waals surface area (Å²) >= 11 is 0. The van der Waals surface area contributed by atoms with Crippen LogP contribution < -0.4 is 4.74 Å². The molecule has 0 aliphatic rings. The Morgan fingerprint density at radius 2 is 1.95 bits per heavy atom. The molecule has 0 saturated heterocycles. The number of benzene rings is 1. The highest BCUT2D eigenvalue weighted by atomic mass is 32.2. The molecule has 104 valence electrons. The molecule has 0 aliphatic carbocycles. The van der Waals surface area contributed by atoms with Gasteiger partial charge in [0.1, 0.15) is 16.7 Å². The van der Waals surface area contributed by atoms with E-state index in [0.29, 0.717) is 11.3 Å². The predicted octanol–water partition coefficient (Wildman–Crippen LogP) is 1.84. The van der Waals surface area contributed by atoms with Crippen molar-refractivity contribution >= 4 is 10.0 Å². The third-order valence-electron chi connectivity index (χ3n) is 2.97. The van der Waals surface area contributed by atoms with Gasteiger partial charge in [0.15, 0.2) is 0 Å². The minimum Gasteiger partial charge on any atom is -0.495 e. The highest BCUT2D eigenvalue weighted by Gasteiger charge is 2.30. The number of methoxy groups -OCH3 is 1. The molecule has 1 aromatic rings. The molecule has 0 heterocycles. The van der Waals surface area contributed by atoms with Crippen LogP contribution in [0.25, 0.3) is 0 Å². The molecule has 0 amide bonds. The molecule has 1 rings (SSSR count). The van der Waals surface area contributed by atoms with E-state index in [9.17, 15) is 8.42 Å². The fraction of sp³-hybridized carbons (Fsp3) is 0.462. The average molecular weight is 282 g/mol. The van der Waals surface area contributed by atoms with Gasteiger partial charge in [0, 0.05) is 7.05 Å². The van der Waals surface area contributed by atoms with Crippen LogP contribution in [0.3, 0.4) is 0 Å². The van der Waals surface area contributed by atoms with Gasteiger partial charge in [-0.3, -0.25) is 0 Å². The van der Waals surface area contributed by atoms with Crippen molar-refractivity contribution in [1.82, 2.24) is 4.31 Å². The zero-order valence-electron chi connectivity index (χ0n) is 11.8. The first-order valence-electron chi connectivity index (χ1n) is 5.78. The van der Waals surface area contributed by atoms with Crippen LogP contribution in [-0.2, 0) is 10.0 Å². The maximum absolute atomic E-state index is 12.5. The Bertz CT molecular complexity index is 618. The molecule has 0 spiro atoms. The van der Waals surface area contributed by atoms with E-state index in [0.717, 1.165) is 9.87 Å². The van der Waals surface area contributed by atoms with Crippen molar-refractivity contribution in [2.45, 2.75) is 31.7 Å². The van der Waals surface area contributed by atoms with E-state index >= 15 is 0 Å². The Morgan fingerprint density at radius 3 is 2.42 bits per heavy atom. The summed E-state index contributed by atoms with van der Waals surface area (Å²) in [6, 6.07) is 4.62. The molecular weight excluding hydrogens is 264 g/mol. The topological polar surface area (TPSA) is 70.4 Å². The number of nitriles is 1. The van der Waals surface area contributed by atoms with Crippen LogP contribution in [0.4, 0.5) is 0 Å². The summed E-state index contributed by atoms with van der Waals surface area (Å²) in [4.78, 5) is 0.116. The van der Waals surface area contributed by atoms with Crippen molar-refractivity contribution in [1.29, 1.82) is 5.26 Å². The first kappa shape index (κ1) is 15.5. The van der Waals surface area contributed by atoms with Crippen molar-refractivity contribution < 1.29 is 13.2 Å². The lowest BCUT2D eigenvalue weighted by Gasteiger charge is -2.22. The Hall–Kier alpha value is -1.58. The second-order valence-electron chi connectivity index (χ2n) is 4.44. The van der Waals surface area contributed by atoms with Gasteiger partial charge in [-0.25, -0.2) is 8.42 Å². The number of aryl methyl sites for hydroxylation is 2. The molecule has 6 heteroatoms. The summed E-state index contributed by atoms with van der Waals surface area (Å²) in [5.41, 5.74) is 1.53. The quantitative estimate of drug-likeness (QED) is 0.845. The number of hydrogen-bond donors (Lipinski definition) is 0. The van der Waals surface area contributed by atoms with Gasteiger partial charge in [-0.05, 0) is 38.0 Å². The van der Waals surface area contributed by atoms with Crippen LogP contribution in [0.15, 0.2) is 17.0 Å². The van der Waals surface area contributed by atoms with Crippen LogP contribution in [0.1, 0.15) is 18.1 Å². The van der Waals surface area contributed by atoms with Gasteiger partial charge in [-0.2, -0.15) is 9.57 Å². The SMILES string of the molecule is COc1cc(C)cc(C)c1S(=O)(=O)N(C)[C@@H](C)C#N. The number of hydrogen-bond acceptors (Lipinski definition) is 4. The fourth-order valence-electron chi connectivity index (χ4n) is 1.83. The zero-order valence-corrected chi connectivity index (χ0v) is 12.6. The zero-order chi connectivity index (χ0) is 14.8. The third-order valence-corrected chi connectivity index (χ3v) is 5.09. The van der Waals surface area contributed by atoms with Crippen molar-refractivity contribution in [2.24, 2.45) is 0 Å². The molecule has 0 unspecified atom stereocenters. The largest absolute Gasteiger partial charge is 0.495 e. The number of ether oxygens (including phenoxy) is 1. The van der Waals surface area contributed by atoms with E-state index in [1.165, 1.54) is 21.1 Å². The summed E-state index contributed by atoms with van der Waals surface area (Å²) in [6.07, 6.45) is 0. The highest BCUT2D eigenvalue weighted by molar-refractivity contribution is 7.89. The predicted molar refractivity (Wildman–Crippen MR) is 72.5 cm³/mol. The monoisotopic (exact) mass is 282 g/mol. The molecule has 5 nitrogen and oxygen atoms in total. The number of rotatable bonds is 4. The first-order chi connectivity index (χ1) is 8.75. The summed E-state index contributed by atoms with van der Waals surface area (Å²) in [7, 11) is -0.932.